The van der Waals surface area contributed by atoms with Gasteiger partial charge in [0.15, 0.2) is 0 Å². The molecule has 5 nitrogen and oxygen atoms in total. The molecule has 23 heavy (non-hydrogen) atoms. The van der Waals surface area contributed by atoms with Crippen LogP contribution in [0.25, 0.3) is 6.08 Å². The number of nitrogens with one attached hydrogen (secondary N) is 1. The summed E-state index contributed by atoms with van der Waals surface area (Å²) in [4.78, 5) is 25.2. The van der Waals surface area contributed by atoms with Gasteiger partial charge >= 0.3 is 6.03 Å². The second-order valence-electron chi connectivity index (χ2n) is 4.86. The fourth-order valence-corrected chi connectivity index (χ4v) is 3.56. The molecule has 1 heterocycles. The van der Waals surface area contributed by atoms with Crippen molar-refractivity contribution in [3.05, 3.63) is 45.0 Å². The molecule has 1 N–H and O–H groups in total. The van der Waals surface area contributed by atoms with Gasteiger partial charge in [-0.1, -0.05) is 19.6 Å². The summed E-state index contributed by atoms with van der Waals surface area (Å²) in [6.45, 7) is 6.32. The van der Waals surface area contributed by atoms with Crippen molar-refractivity contribution in [3.63, 3.8) is 0 Å². The molecule has 0 aromatic heterocycles. The molecule has 0 aliphatic carbocycles. The molecule has 2 rings (SSSR count). The lowest BCUT2D eigenvalue weighted by atomic mass is 10.2. The van der Waals surface area contributed by atoms with Gasteiger partial charge in [-0.2, -0.15) is 0 Å². The molecule has 1 aromatic carbocycles. The summed E-state index contributed by atoms with van der Waals surface area (Å²) in [6, 6.07) is 3.25. The third-order valence-corrected chi connectivity index (χ3v) is 4.26. The van der Waals surface area contributed by atoms with Crippen LogP contribution >= 0.6 is 31.9 Å². The standard InChI is InChI=1S/C16H16Br2N2O3/c1-3-5-20-15(21)13(19-16(20)22)9-10-7-11(17)14(12(18)8-10)23-6-4-2/h4,7-9H,2-3,5-6H2,1H3,(H,19,22)/b13-9-. The number of hydrogen-bond donors (Lipinski definition) is 1. The lowest BCUT2D eigenvalue weighted by molar-refractivity contribution is -0.122. The first kappa shape index (κ1) is 17.7. The van der Waals surface area contributed by atoms with Crippen molar-refractivity contribution in [2.75, 3.05) is 13.2 Å². The van der Waals surface area contributed by atoms with Gasteiger partial charge in [0, 0.05) is 6.54 Å². The number of hydrogen-bond acceptors (Lipinski definition) is 3. The monoisotopic (exact) mass is 442 g/mol. The summed E-state index contributed by atoms with van der Waals surface area (Å²) in [7, 11) is 0. The van der Waals surface area contributed by atoms with Crippen LogP contribution in [0.5, 0.6) is 5.75 Å². The Labute approximate surface area is 151 Å². The number of ether oxygens (including phenoxy) is 1. The Morgan fingerprint density at radius 1 is 1.30 bits per heavy atom. The van der Waals surface area contributed by atoms with Gasteiger partial charge in [-0.15, -0.1) is 0 Å². The van der Waals surface area contributed by atoms with Gasteiger partial charge in [0.25, 0.3) is 5.91 Å². The highest BCUT2D eigenvalue weighted by molar-refractivity contribution is 9.11. The third-order valence-electron chi connectivity index (χ3n) is 3.09. The maximum absolute atomic E-state index is 12.2. The first-order valence-electron chi connectivity index (χ1n) is 7.05. The summed E-state index contributed by atoms with van der Waals surface area (Å²) in [5.74, 6) is 0.345. The molecule has 1 aliphatic rings. The van der Waals surface area contributed by atoms with Crippen molar-refractivity contribution in [2.45, 2.75) is 13.3 Å². The van der Waals surface area contributed by atoms with Crippen molar-refractivity contribution >= 4 is 49.9 Å². The van der Waals surface area contributed by atoms with Crippen molar-refractivity contribution in [1.29, 1.82) is 0 Å². The molecule has 3 amide bonds. The van der Waals surface area contributed by atoms with E-state index in [9.17, 15) is 9.59 Å². The van der Waals surface area contributed by atoms with Crippen molar-refractivity contribution < 1.29 is 14.3 Å². The Kier molecular flexibility index (Phi) is 6.01. The van der Waals surface area contributed by atoms with Crippen LogP contribution in [0.4, 0.5) is 4.79 Å². The minimum absolute atomic E-state index is 0.266. The van der Waals surface area contributed by atoms with Gasteiger partial charge < -0.3 is 10.1 Å². The maximum atomic E-state index is 12.2. The highest BCUT2D eigenvalue weighted by Crippen LogP contribution is 2.35. The first-order valence-corrected chi connectivity index (χ1v) is 8.63. The van der Waals surface area contributed by atoms with Gasteiger partial charge in [-0.25, -0.2) is 4.79 Å². The van der Waals surface area contributed by atoms with E-state index in [0.717, 1.165) is 20.9 Å². The number of nitrogens with zero attached hydrogens (tertiary/aromatic N) is 1. The minimum atomic E-state index is -0.382. The zero-order valence-corrected chi connectivity index (χ0v) is 15.7. The molecule has 0 bridgehead atoms. The molecule has 1 saturated heterocycles. The maximum Gasteiger partial charge on any atom is 0.329 e. The molecule has 1 aromatic rings. The van der Waals surface area contributed by atoms with E-state index in [2.05, 4.69) is 43.8 Å². The number of carbonyl (C=O) groups is 2. The van der Waals surface area contributed by atoms with Crippen molar-refractivity contribution in [3.8, 4) is 5.75 Å². The summed E-state index contributed by atoms with van der Waals surface area (Å²) >= 11 is 6.88. The Hall–Kier alpha value is -1.60. The molecule has 7 heteroatoms. The molecule has 1 aliphatic heterocycles. The average Bonchev–Trinajstić information content (AvgIpc) is 2.74. The van der Waals surface area contributed by atoms with E-state index >= 15 is 0 Å². The van der Waals surface area contributed by atoms with Crippen LogP contribution in [0.1, 0.15) is 18.9 Å². The Morgan fingerprint density at radius 3 is 2.52 bits per heavy atom. The zero-order chi connectivity index (χ0) is 17.0. The quantitative estimate of drug-likeness (QED) is 0.409. The molecule has 0 radical (unpaired) electrons. The summed E-state index contributed by atoms with van der Waals surface area (Å²) in [6.07, 6.45) is 4.02. The van der Waals surface area contributed by atoms with Gasteiger partial charge in [-0.3, -0.25) is 9.69 Å². The van der Waals surface area contributed by atoms with Crippen LogP contribution in [-0.4, -0.2) is 30.0 Å². The fraction of sp³-hybridized carbons (Fsp3) is 0.250. The summed E-state index contributed by atoms with van der Waals surface area (Å²) < 4.78 is 7.03. The minimum Gasteiger partial charge on any atom is -0.487 e. The SMILES string of the molecule is C=CCOc1c(Br)cc(/C=C2\NC(=O)N(CCC)C2=O)cc1Br. The normalized spacial score (nSPS) is 16.0. The molecule has 0 saturated carbocycles. The van der Waals surface area contributed by atoms with Crippen molar-refractivity contribution in [1.82, 2.24) is 10.2 Å². The van der Waals surface area contributed by atoms with E-state index < -0.39 is 0 Å². The molecule has 0 unspecified atom stereocenters. The lowest BCUT2D eigenvalue weighted by Gasteiger charge is -2.10. The van der Waals surface area contributed by atoms with Crippen LogP contribution in [0.3, 0.4) is 0 Å². The average molecular weight is 444 g/mol. The fourth-order valence-electron chi connectivity index (χ4n) is 2.11. The van der Waals surface area contributed by atoms with E-state index in [-0.39, 0.29) is 17.6 Å². The molecule has 122 valence electrons. The van der Waals surface area contributed by atoms with Gasteiger partial charge in [0.2, 0.25) is 0 Å². The Bertz CT molecular complexity index is 663. The molecule has 1 fully saturated rings. The number of benzene rings is 1. The van der Waals surface area contributed by atoms with Crippen LogP contribution in [0.2, 0.25) is 0 Å². The van der Waals surface area contributed by atoms with Crippen LogP contribution < -0.4 is 10.1 Å². The predicted octanol–water partition coefficient (Wildman–Crippen LogP) is 4.08. The van der Waals surface area contributed by atoms with E-state index in [1.807, 2.05) is 19.1 Å². The second-order valence-corrected chi connectivity index (χ2v) is 6.57. The van der Waals surface area contributed by atoms with Crippen molar-refractivity contribution in [2.24, 2.45) is 0 Å². The van der Waals surface area contributed by atoms with E-state index in [1.54, 1.807) is 12.2 Å². The number of rotatable bonds is 6. The number of urea groups is 1. The third kappa shape index (κ3) is 4.03. The predicted molar refractivity (Wildman–Crippen MR) is 96.0 cm³/mol. The summed E-state index contributed by atoms with van der Waals surface area (Å²) in [5.41, 5.74) is 1.03. The lowest BCUT2D eigenvalue weighted by Crippen LogP contribution is -2.31. The number of amides is 3. The molecular formula is C16H16Br2N2O3. The van der Waals surface area contributed by atoms with Crippen LogP contribution in [-0.2, 0) is 4.79 Å². The molecular weight excluding hydrogens is 428 g/mol. The number of carbonyl (C=O) groups excluding carboxylic acids is 2. The molecule has 0 atom stereocenters. The highest BCUT2D eigenvalue weighted by atomic mass is 79.9. The second kappa shape index (κ2) is 7.79. The smallest absolute Gasteiger partial charge is 0.329 e. The molecule has 0 spiro atoms. The number of imide groups is 1. The Balaban J connectivity index is 2.28. The van der Waals surface area contributed by atoms with E-state index in [4.69, 9.17) is 4.74 Å². The summed E-state index contributed by atoms with van der Waals surface area (Å²) in [5, 5.41) is 2.60. The van der Waals surface area contributed by atoms with Crippen LogP contribution in [0.15, 0.2) is 39.4 Å². The van der Waals surface area contributed by atoms with Gasteiger partial charge in [0.05, 0.1) is 8.95 Å². The number of halogens is 2. The topological polar surface area (TPSA) is 58.6 Å². The first-order chi connectivity index (χ1) is 11.0. The van der Waals surface area contributed by atoms with E-state index in [1.165, 1.54) is 4.90 Å². The van der Waals surface area contributed by atoms with E-state index in [0.29, 0.717) is 18.9 Å². The van der Waals surface area contributed by atoms with Gasteiger partial charge in [-0.05, 0) is 62.1 Å². The highest BCUT2D eigenvalue weighted by Gasteiger charge is 2.32. The zero-order valence-electron chi connectivity index (χ0n) is 12.6. The van der Waals surface area contributed by atoms with Crippen LogP contribution in [0, 0.1) is 0 Å². The van der Waals surface area contributed by atoms with Gasteiger partial charge in [0.1, 0.15) is 18.1 Å². The largest absolute Gasteiger partial charge is 0.487 e. The Morgan fingerprint density at radius 2 is 1.96 bits per heavy atom.